The number of carboxylic acids is 1. The van der Waals surface area contributed by atoms with Gasteiger partial charge in [0.1, 0.15) is 165 Å². The molecule has 7 aliphatic rings. The number of allylic oxidation sites excluding steroid dienone is 1. The van der Waals surface area contributed by atoms with Crippen LogP contribution in [0.3, 0.4) is 0 Å². The minimum absolute atomic E-state index is 0.155. The minimum Gasteiger partial charge on any atom is -0.477 e. The largest absolute Gasteiger partial charge is 0.477 e. The fraction of sp³-hybridized carbons (Fsp3) is 0.925. The third-order valence-corrected chi connectivity index (χ3v) is 26.7. The Balaban J connectivity index is 0.971. The molecule has 138 heavy (non-hydrogen) atoms. The molecule has 0 aliphatic carbocycles. The van der Waals surface area contributed by atoms with E-state index in [1.807, 2.05) is 6.08 Å². The van der Waals surface area contributed by atoms with Crippen molar-refractivity contribution < 1.29 is 203 Å². The molecular formula is C93H166N4O41. The van der Waals surface area contributed by atoms with E-state index in [-0.39, 0.29) is 12.3 Å². The van der Waals surface area contributed by atoms with Gasteiger partial charge in [0, 0.05) is 33.6 Å². The molecule has 0 bridgehead atoms. The molecule has 45 heteroatoms. The summed E-state index contributed by atoms with van der Waals surface area (Å²) in [6.45, 7) is -0.828. The first kappa shape index (κ1) is 121. The Morgan fingerprint density at radius 2 is 0.732 bits per heavy atom. The lowest BCUT2D eigenvalue weighted by Gasteiger charge is -2.51. The molecule has 4 amide bonds. The number of aliphatic hydroxyl groups is 21. The van der Waals surface area contributed by atoms with E-state index in [0.29, 0.717) is 12.8 Å². The summed E-state index contributed by atoms with van der Waals surface area (Å²) in [5.41, 5.74) is 0. The summed E-state index contributed by atoms with van der Waals surface area (Å²) in [6, 6.07) is -6.57. The average Bonchev–Trinajstić information content (AvgIpc) is 0.764. The number of aliphatic hydroxyl groups excluding tert-OH is 21. The first-order valence-corrected chi connectivity index (χ1v) is 50.1. The number of aliphatic carboxylic acids is 1. The lowest BCUT2D eigenvalue weighted by atomic mass is 9.88. The van der Waals surface area contributed by atoms with E-state index in [0.717, 1.165) is 72.1 Å². The van der Waals surface area contributed by atoms with Gasteiger partial charge >= 0.3 is 5.97 Å². The van der Waals surface area contributed by atoms with Crippen molar-refractivity contribution in [2.75, 3.05) is 52.9 Å². The number of ether oxygens (including phenoxy) is 14. The van der Waals surface area contributed by atoms with E-state index in [2.05, 4.69) is 35.1 Å². The SMILES string of the molecule is CCCCCCCCCCCCC/C=C/[C@@H](O)[C@H](CO[C@@H]1OC(CO)[C@@H](O[C@@H]2OC(CO)[C@H](O)[C@H](O[C@@H]3OC(CO)[C@@H](O[C@@H]4OC(CO)[C@H](O)[C@H](O[C@@H]5OC(CO)[C@@H](O[C@@H]6OC(CO[C@]7(C(=O)O)CC(O)[C@@H](NC(C)=O)C([C@H](O)[C@H](O)CO)O7)[C@H](O)[C@H](O)C6O)[C@H](O)C5NC(C)=O)C4O)[C@H](O)C3NC(C)=O)C2O)[C@H](O)C1O)NC(=O)CCCCCCCCCCCCCCCCCCCCCCC. The van der Waals surface area contributed by atoms with Gasteiger partial charge in [-0.3, -0.25) is 19.2 Å². The Hall–Kier alpha value is -4.31. The Kier molecular flexibility index (Phi) is 55.3. The van der Waals surface area contributed by atoms with E-state index in [1.165, 1.54) is 148 Å². The summed E-state index contributed by atoms with van der Waals surface area (Å²) < 4.78 is 82.9. The number of carbonyl (C=O) groups excluding carboxylic acids is 4. The van der Waals surface area contributed by atoms with Crippen LogP contribution in [-0.2, 0) is 90.3 Å². The number of hydrogen-bond donors (Lipinski definition) is 26. The highest BCUT2D eigenvalue weighted by atomic mass is 16.8. The van der Waals surface area contributed by atoms with Crippen LogP contribution in [0.1, 0.15) is 259 Å². The van der Waals surface area contributed by atoms with Crippen LogP contribution in [0.5, 0.6) is 0 Å². The molecule has 7 heterocycles. The average molecular weight is 2000 g/mol. The van der Waals surface area contributed by atoms with E-state index < -0.39 is 315 Å². The van der Waals surface area contributed by atoms with Crippen molar-refractivity contribution in [2.45, 2.75) is 492 Å². The third kappa shape index (κ3) is 36.4. The molecule has 7 saturated heterocycles. The number of nitrogens with one attached hydrogen (secondary N) is 4. The minimum atomic E-state index is -3.03. The monoisotopic (exact) mass is 2000 g/mol. The van der Waals surface area contributed by atoms with E-state index >= 15 is 0 Å². The first-order valence-electron chi connectivity index (χ1n) is 50.1. The molecule has 0 aromatic rings. The number of hydrogen-bond acceptors (Lipinski definition) is 40. The maximum Gasteiger partial charge on any atom is 0.364 e. The van der Waals surface area contributed by atoms with Gasteiger partial charge in [0.05, 0.1) is 77.1 Å². The second-order valence-corrected chi connectivity index (χ2v) is 37.8. The first-order chi connectivity index (χ1) is 66.1. The van der Waals surface area contributed by atoms with Crippen LogP contribution in [0.2, 0.25) is 0 Å². The number of carbonyl (C=O) groups is 5. The van der Waals surface area contributed by atoms with Gasteiger partial charge in [-0.15, -0.1) is 0 Å². The number of amides is 4. The molecule has 0 radical (unpaired) electrons. The van der Waals surface area contributed by atoms with Gasteiger partial charge in [-0.05, 0) is 19.3 Å². The summed E-state index contributed by atoms with van der Waals surface area (Å²) in [7, 11) is 0. The topological polar surface area (TPSA) is 708 Å². The number of unbranched alkanes of at least 4 members (excludes halogenated alkanes) is 31. The maximum atomic E-state index is 13.6. The van der Waals surface area contributed by atoms with Crippen molar-refractivity contribution in [3.05, 3.63) is 12.2 Å². The second kappa shape index (κ2) is 63.3. The molecular weight excluding hydrogens is 1830 g/mol. The summed E-state index contributed by atoms with van der Waals surface area (Å²) in [4.78, 5) is 64.8. The Bertz CT molecular complexity index is 3410. The quantitative estimate of drug-likeness (QED) is 0.0214. The van der Waals surface area contributed by atoms with E-state index in [1.54, 1.807) is 6.08 Å². The highest BCUT2D eigenvalue weighted by molar-refractivity contribution is 5.77. The van der Waals surface area contributed by atoms with Crippen molar-refractivity contribution in [1.82, 2.24) is 21.3 Å². The van der Waals surface area contributed by atoms with Crippen LogP contribution in [0.25, 0.3) is 0 Å². The summed E-state index contributed by atoms with van der Waals surface area (Å²) in [6.07, 6.45) is -25.9. The van der Waals surface area contributed by atoms with Crippen molar-refractivity contribution in [2.24, 2.45) is 0 Å². The molecule has 7 fully saturated rings. The van der Waals surface area contributed by atoms with Crippen LogP contribution in [0.4, 0.5) is 0 Å². The Morgan fingerprint density at radius 1 is 0.384 bits per heavy atom. The molecule has 804 valence electrons. The normalized spacial score (nSPS) is 36.2. The van der Waals surface area contributed by atoms with Crippen LogP contribution >= 0.6 is 0 Å². The highest BCUT2D eigenvalue weighted by Crippen LogP contribution is 2.41. The molecule has 0 spiro atoms. The molecule has 14 unspecified atom stereocenters. The summed E-state index contributed by atoms with van der Waals surface area (Å²) in [5.74, 6) is -8.05. The third-order valence-electron chi connectivity index (χ3n) is 26.7. The highest BCUT2D eigenvalue weighted by Gasteiger charge is 2.61. The molecule has 7 aliphatic heterocycles. The fourth-order valence-electron chi connectivity index (χ4n) is 18.6. The van der Waals surface area contributed by atoms with Crippen LogP contribution < -0.4 is 21.3 Å². The zero-order valence-corrected chi connectivity index (χ0v) is 80.5. The molecule has 26 N–H and O–H groups in total. The van der Waals surface area contributed by atoms with Crippen molar-refractivity contribution >= 4 is 29.6 Å². The van der Waals surface area contributed by atoms with Crippen LogP contribution in [0.15, 0.2) is 12.2 Å². The lowest BCUT2D eigenvalue weighted by molar-refractivity contribution is -0.387. The Labute approximate surface area is 807 Å². The predicted molar refractivity (Wildman–Crippen MR) is 483 cm³/mol. The smallest absolute Gasteiger partial charge is 0.364 e. The van der Waals surface area contributed by atoms with E-state index in [9.17, 15) is 136 Å². The zero-order valence-electron chi connectivity index (χ0n) is 80.5. The van der Waals surface area contributed by atoms with Gasteiger partial charge in [0.15, 0.2) is 37.7 Å². The molecule has 38 atom stereocenters. The summed E-state index contributed by atoms with van der Waals surface area (Å²) >= 11 is 0. The van der Waals surface area contributed by atoms with Crippen LogP contribution in [-0.4, -0.2) is 427 Å². The molecule has 7 rings (SSSR count). The zero-order chi connectivity index (χ0) is 101. The van der Waals surface area contributed by atoms with Gasteiger partial charge < -0.3 is 200 Å². The molecule has 0 aromatic carbocycles. The molecule has 45 nitrogen and oxygen atoms in total. The van der Waals surface area contributed by atoms with Crippen molar-refractivity contribution in [3.63, 3.8) is 0 Å². The maximum absolute atomic E-state index is 13.6. The number of carboxylic acid groups (broad SMARTS) is 1. The molecule has 0 aromatic heterocycles. The van der Waals surface area contributed by atoms with Gasteiger partial charge in [-0.1, -0.05) is 219 Å². The standard InChI is InChI=1S/C93H166N4O41/c1-6-8-10-12-14-16-18-20-21-22-23-24-25-26-27-29-31-33-35-37-39-41-64(110)97-54(55(107)40-38-36-34-32-30-28-19-17-15-13-11-9-7-2)49-125-88-77(120)75(118)82(62(48-103)131-88)135-91-79(122)85(71(114)59(45-100)128-91)137-87-67(96-53(5)106)73(116)81(61(47-102)130-87)134-90-78(121)84(70(113)58(44-99)127-90)136-86-66(95-52(4)105)72(115)80(60(46-101)129-86)133-89-76(119)74(117)69(112)63(132-89)50-126-93(92(123)124)42-56(108)65(94-51(3)104)83(138-93)68(111)57(109)43-98/h38,40,54-63,65-91,98-103,107-109,111-122H,6-37,39,41-50H2,1-5H3,(H,94,104)(H,95,105)(H,96,106)(H,97,110)(H,123,124)/b40-38+/t54-,55+,56?,57+,58?,59?,60?,61?,62?,63?,65+,66?,67?,68+,69-,70-,71-,72+,73+,74-,75+,76?,77?,78?,79?,80+,81+,82+,83?,84-,85-,86-,87-,88+,89-,90-,91-,93+/m0/s1. The van der Waals surface area contributed by atoms with E-state index in [4.69, 9.17) is 66.3 Å². The predicted octanol–water partition coefficient (Wildman–Crippen LogP) is -2.91. The van der Waals surface area contributed by atoms with Gasteiger partial charge in [0.25, 0.3) is 5.79 Å². The molecule has 0 saturated carbocycles. The van der Waals surface area contributed by atoms with Gasteiger partial charge in [-0.2, -0.15) is 0 Å². The van der Waals surface area contributed by atoms with Crippen LogP contribution in [0, 0.1) is 0 Å². The second-order valence-electron chi connectivity index (χ2n) is 37.8. The summed E-state index contributed by atoms with van der Waals surface area (Å²) in [5, 5.41) is 257. The van der Waals surface area contributed by atoms with Crippen molar-refractivity contribution in [1.29, 1.82) is 0 Å². The van der Waals surface area contributed by atoms with Gasteiger partial charge in [0.2, 0.25) is 23.6 Å². The fourth-order valence-corrected chi connectivity index (χ4v) is 18.6. The Morgan fingerprint density at radius 3 is 1.12 bits per heavy atom. The lowest BCUT2D eigenvalue weighted by Crippen LogP contribution is -2.71. The van der Waals surface area contributed by atoms with Crippen molar-refractivity contribution in [3.8, 4) is 0 Å². The van der Waals surface area contributed by atoms with Gasteiger partial charge in [-0.25, -0.2) is 4.79 Å². The number of rotatable bonds is 65.